The minimum absolute atomic E-state index is 0.202. The summed E-state index contributed by atoms with van der Waals surface area (Å²) < 4.78 is 14.6. The molecule has 0 aromatic heterocycles. The Morgan fingerprint density at radius 2 is 1.50 bits per heavy atom. The molecule has 2 aromatic rings. The summed E-state index contributed by atoms with van der Waals surface area (Å²) in [5.74, 6) is 0.622. The van der Waals surface area contributed by atoms with Gasteiger partial charge in [-0.3, -0.25) is 0 Å². The number of rotatable bonds is 3. The average molecular weight is 391 g/mol. The van der Waals surface area contributed by atoms with Gasteiger partial charge in [0.05, 0.1) is 4.20 Å². The highest BCUT2D eigenvalue weighted by atomic mass is 32.2. The van der Waals surface area contributed by atoms with Crippen molar-refractivity contribution >= 4 is 28.2 Å². The minimum Gasteiger partial charge on any atom is -0.507 e. The minimum atomic E-state index is -0.209. The van der Waals surface area contributed by atoms with Crippen molar-refractivity contribution in [3.05, 3.63) is 64.5 Å². The molecule has 0 fully saturated rings. The van der Waals surface area contributed by atoms with Gasteiger partial charge in [-0.2, -0.15) is 0 Å². The third-order valence-corrected chi connectivity index (χ3v) is 5.82. The number of hydrogen-bond donors (Lipinski definition) is 1. The van der Waals surface area contributed by atoms with Crippen LogP contribution in [0, 0.1) is 5.82 Å². The lowest BCUT2D eigenvalue weighted by molar-refractivity contribution is 0.423. The van der Waals surface area contributed by atoms with Crippen LogP contribution in [0.2, 0.25) is 0 Å². The van der Waals surface area contributed by atoms with E-state index in [2.05, 4.69) is 41.5 Å². The number of thioether (sulfide) groups is 1. The van der Waals surface area contributed by atoms with E-state index in [1.165, 1.54) is 17.8 Å². The average Bonchev–Trinajstić information content (AvgIpc) is 2.51. The first-order chi connectivity index (χ1) is 11.9. The van der Waals surface area contributed by atoms with Gasteiger partial charge >= 0.3 is 0 Å². The molecule has 0 saturated carbocycles. The predicted molar refractivity (Wildman–Crippen MR) is 115 cm³/mol. The quantitative estimate of drug-likeness (QED) is 0.586. The fraction of sp³-hybridized carbons (Fsp3) is 0.409. The van der Waals surface area contributed by atoms with Crippen LogP contribution in [0.5, 0.6) is 5.75 Å². The lowest BCUT2D eigenvalue weighted by Crippen LogP contribution is -2.18. The Morgan fingerprint density at radius 3 is 1.96 bits per heavy atom. The van der Waals surface area contributed by atoms with E-state index in [9.17, 15) is 9.50 Å². The van der Waals surface area contributed by atoms with Gasteiger partial charge in [0.15, 0.2) is 0 Å². The van der Waals surface area contributed by atoms with Crippen LogP contribution < -0.4 is 0 Å². The molecule has 0 aliphatic heterocycles. The number of halogens is 1. The molecule has 0 heterocycles. The van der Waals surface area contributed by atoms with Crippen LogP contribution in [-0.2, 0) is 16.6 Å². The number of hydrogen-bond acceptors (Lipinski definition) is 3. The maximum absolute atomic E-state index is 13.8. The van der Waals surface area contributed by atoms with Gasteiger partial charge in [-0.15, -0.1) is 11.8 Å². The molecule has 0 unspecified atom stereocenters. The van der Waals surface area contributed by atoms with Crippen LogP contribution >= 0.6 is 24.0 Å². The van der Waals surface area contributed by atoms with Gasteiger partial charge < -0.3 is 5.11 Å². The molecule has 1 N–H and O–H groups in total. The van der Waals surface area contributed by atoms with Gasteiger partial charge in [0.2, 0.25) is 0 Å². The molecule has 140 valence electrons. The Morgan fingerprint density at radius 1 is 1.00 bits per heavy atom. The molecule has 0 amide bonds. The third-order valence-electron chi connectivity index (χ3n) is 4.28. The smallest absolute Gasteiger partial charge is 0.127 e. The van der Waals surface area contributed by atoms with Crippen molar-refractivity contribution in [2.24, 2.45) is 0 Å². The van der Waals surface area contributed by atoms with Crippen LogP contribution in [0.1, 0.15) is 63.8 Å². The number of thiocarbonyl (C=S) groups is 1. The second kappa shape index (κ2) is 7.69. The molecule has 0 aliphatic rings. The highest BCUT2D eigenvalue weighted by Crippen LogP contribution is 2.40. The molecular formula is C22H27FOS2. The Kier molecular flexibility index (Phi) is 6.19. The zero-order valence-electron chi connectivity index (χ0n) is 16.3. The van der Waals surface area contributed by atoms with Crippen molar-refractivity contribution in [2.75, 3.05) is 0 Å². The Labute approximate surface area is 166 Å². The zero-order valence-corrected chi connectivity index (χ0v) is 17.9. The van der Waals surface area contributed by atoms with Crippen LogP contribution in [0.15, 0.2) is 36.4 Å². The Hall–Kier alpha value is -1.39. The molecule has 2 rings (SSSR count). The van der Waals surface area contributed by atoms with E-state index in [0.717, 1.165) is 16.7 Å². The number of phenolic OH excluding ortho intramolecular Hbond substituents is 1. The maximum Gasteiger partial charge on any atom is 0.127 e. The number of aromatic hydroxyl groups is 1. The summed E-state index contributed by atoms with van der Waals surface area (Å²) in [5, 5.41) is 10.8. The Bertz CT molecular complexity index is 779. The first-order valence-corrected chi connectivity index (χ1v) is 10.1. The summed E-state index contributed by atoms with van der Waals surface area (Å²) in [6, 6.07) is 10.7. The predicted octanol–water partition coefficient (Wildman–Crippen LogP) is 6.74. The van der Waals surface area contributed by atoms with Crippen LogP contribution in [0.4, 0.5) is 4.39 Å². The molecular weight excluding hydrogens is 363 g/mol. The summed E-state index contributed by atoms with van der Waals surface area (Å²) in [5.41, 5.74) is 2.92. The summed E-state index contributed by atoms with van der Waals surface area (Å²) in [7, 11) is 0. The van der Waals surface area contributed by atoms with Gasteiger partial charge in [0.1, 0.15) is 11.6 Å². The van der Waals surface area contributed by atoms with Crippen molar-refractivity contribution in [3.8, 4) is 5.75 Å². The standard InChI is InChI=1S/C22H27FOS2/c1-21(2,3)16-11-15(12-17(19(16)24)22(4,5)6)20(25)26-13-14-9-7-8-10-18(14)23/h7-12,24H,13H2,1-6H3. The van der Waals surface area contributed by atoms with E-state index >= 15 is 0 Å². The summed E-state index contributed by atoms with van der Waals surface area (Å²) >= 11 is 7.08. The summed E-state index contributed by atoms with van der Waals surface area (Å²) in [6.07, 6.45) is 0. The Balaban J connectivity index is 2.39. The van der Waals surface area contributed by atoms with Crippen molar-refractivity contribution in [3.63, 3.8) is 0 Å². The van der Waals surface area contributed by atoms with E-state index in [1.807, 2.05) is 18.2 Å². The van der Waals surface area contributed by atoms with Crippen molar-refractivity contribution in [2.45, 2.75) is 58.1 Å². The molecule has 0 aliphatic carbocycles. The highest BCUT2D eigenvalue weighted by Gasteiger charge is 2.27. The second-order valence-corrected chi connectivity index (χ2v) is 10.2. The largest absolute Gasteiger partial charge is 0.507 e. The van der Waals surface area contributed by atoms with E-state index in [-0.39, 0.29) is 16.6 Å². The van der Waals surface area contributed by atoms with Gasteiger partial charge in [-0.25, -0.2) is 4.39 Å². The van der Waals surface area contributed by atoms with Crippen LogP contribution in [-0.4, -0.2) is 9.30 Å². The monoisotopic (exact) mass is 390 g/mol. The first-order valence-electron chi connectivity index (χ1n) is 8.70. The summed E-state index contributed by atoms with van der Waals surface area (Å²) in [4.78, 5) is 0. The van der Waals surface area contributed by atoms with Crippen LogP contribution in [0.3, 0.4) is 0 Å². The fourth-order valence-electron chi connectivity index (χ4n) is 2.74. The number of benzene rings is 2. The normalized spacial score (nSPS) is 12.3. The van der Waals surface area contributed by atoms with E-state index in [0.29, 0.717) is 21.3 Å². The molecule has 0 bridgehead atoms. The fourth-order valence-corrected chi connectivity index (χ4v) is 3.84. The van der Waals surface area contributed by atoms with E-state index in [1.54, 1.807) is 12.1 Å². The van der Waals surface area contributed by atoms with Gasteiger partial charge in [-0.1, -0.05) is 72.0 Å². The second-order valence-electron chi connectivity index (χ2n) is 8.59. The van der Waals surface area contributed by atoms with Crippen LogP contribution in [0.25, 0.3) is 0 Å². The molecule has 0 saturated heterocycles. The highest BCUT2D eigenvalue weighted by molar-refractivity contribution is 8.23. The molecule has 2 aromatic carbocycles. The van der Waals surface area contributed by atoms with E-state index in [4.69, 9.17) is 12.2 Å². The summed E-state index contributed by atoms with van der Waals surface area (Å²) in [6.45, 7) is 12.5. The van der Waals surface area contributed by atoms with Crippen molar-refractivity contribution in [1.29, 1.82) is 0 Å². The molecule has 1 nitrogen and oxygen atoms in total. The lowest BCUT2D eigenvalue weighted by Gasteiger charge is -2.28. The van der Waals surface area contributed by atoms with Gasteiger partial charge in [0.25, 0.3) is 0 Å². The third kappa shape index (κ3) is 4.86. The maximum atomic E-state index is 13.8. The zero-order chi connectivity index (χ0) is 19.7. The number of phenols is 1. The molecule has 26 heavy (non-hydrogen) atoms. The molecule has 0 radical (unpaired) electrons. The van der Waals surface area contributed by atoms with Gasteiger partial charge in [0, 0.05) is 16.9 Å². The molecule has 0 spiro atoms. The SMILES string of the molecule is CC(C)(C)c1cc(C(=S)SCc2ccccc2F)cc(C(C)(C)C)c1O. The molecule has 0 atom stereocenters. The van der Waals surface area contributed by atoms with Gasteiger partial charge in [-0.05, 0) is 40.2 Å². The van der Waals surface area contributed by atoms with Crippen molar-refractivity contribution in [1.82, 2.24) is 0 Å². The first kappa shape index (κ1) is 20.9. The molecule has 4 heteroatoms. The lowest BCUT2D eigenvalue weighted by atomic mass is 9.78. The van der Waals surface area contributed by atoms with E-state index < -0.39 is 0 Å². The van der Waals surface area contributed by atoms with Crippen molar-refractivity contribution < 1.29 is 9.50 Å². The topological polar surface area (TPSA) is 20.2 Å².